The molecule has 2 aromatic rings. The summed E-state index contributed by atoms with van der Waals surface area (Å²) in [5.74, 6) is -0.883. The second-order valence-corrected chi connectivity index (χ2v) is 5.89. The zero-order valence-electron chi connectivity index (χ0n) is 12.6. The summed E-state index contributed by atoms with van der Waals surface area (Å²) in [7, 11) is 0. The number of anilines is 1. The molecule has 0 saturated carbocycles. The number of carbonyl (C=O) groups is 2. The molecule has 0 radical (unpaired) electrons. The number of hydrogen-bond donors (Lipinski definition) is 1. The number of carbonyl (C=O) groups excluding carboxylic acids is 2. The third-order valence-corrected chi connectivity index (χ3v) is 4.07. The number of esters is 1. The van der Waals surface area contributed by atoms with Crippen molar-refractivity contribution in [3.8, 4) is 6.07 Å². The summed E-state index contributed by atoms with van der Waals surface area (Å²) in [4.78, 5) is 24.9. The van der Waals surface area contributed by atoms with Crippen molar-refractivity contribution < 1.29 is 14.3 Å². The van der Waals surface area contributed by atoms with E-state index in [-0.39, 0.29) is 6.42 Å². The molecule has 0 aliphatic carbocycles. The summed E-state index contributed by atoms with van der Waals surface area (Å²) >= 11 is 1.58. The average molecular weight is 328 g/mol. The summed E-state index contributed by atoms with van der Waals surface area (Å²) < 4.78 is 5.13. The largest absolute Gasteiger partial charge is 0.453 e. The minimum atomic E-state index is -0.919. The van der Waals surface area contributed by atoms with E-state index in [2.05, 4.69) is 5.32 Å². The Balaban J connectivity index is 1.85. The normalized spacial score (nSPS) is 11.3. The molecule has 1 heterocycles. The predicted octanol–water partition coefficient (Wildman–Crippen LogP) is 3.12. The lowest BCUT2D eigenvalue weighted by Gasteiger charge is -2.14. The quantitative estimate of drug-likeness (QED) is 0.826. The van der Waals surface area contributed by atoms with E-state index in [0.29, 0.717) is 17.7 Å². The number of benzene rings is 1. The van der Waals surface area contributed by atoms with Crippen molar-refractivity contribution in [2.75, 3.05) is 5.32 Å². The fourth-order valence-corrected chi connectivity index (χ4v) is 2.62. The van der Waals surface area contributed by atoms with Crippen molar-refractivity contribution in [2.24, 2.45) is 0 Å². The van der Waals surface area contributed by atoms with Crippen LogP contribution < -0.4 is 5.32 Å². The Hall–Kier alpha value is -2.65. The number of nitrogens with one attached hydrogen (secondary N) is 1. The molecule has 0 bridgehead atoms. The van der Waals surface area contributed by atoms with Gasteiger partial charge in [-0.25, -0.2) is 0 Å². The van der Waals surface area contributed by atoms with Gasteiger partial charge in [0.25, 0.3) is 5.91 Å². The summed E-state index contributed by atoms with van der Waals surface area (Å²) in [6.45, 7) is 1.51. The van der Waals surface area contributed by atoms with Crippen LogP contribution in [0.4, 0.5) is 5.69 Å². The Kier molecular flexibility index (Phi) is 5.89. The van der Waals surface area contributed by atoms with Gasteiger partial charge in [-0.15, -0.1) is 11.3 Å². The molecule has 2 rings (SSSR count). The zero-order chi connectivity index (χ0) is 16.7. The predicted molar refractivity (Wildman–Crippen MR) is 88.0 cm³/mol. The molecular formula is C17H16N2O3S. The topological polar surface area (TPSA) is 79.2 Å². The van der Waals surface area contributed by atoms with Gasteiger partial charge < -0.3 is 10.1 Å². The fourth-order valence-electron chi connectivity index (χ4n) is 1.91. The van der Waals surface area contributed by atoms with Crippen molar-refractivity contribution in [1.82, 2.24) is 0 Å². The first-order chi connectivity index (χ1) is 11.1. The SMILES string of the molecule is C[C@H](OC(=O)CCc1cccs1)C(=O)Nc1ccccc1C#N. The first kappa shape index (κ1) is 16.7. The smallest absolute Gasteiger partial charge is 0.306 e. The summed E-state index contributed by atoms with van der Waals surface area (Å²) in [5, 5.41) is 13.5. The first-order valence-electron chi connectivity index (χ1n) is 7.12. The summed E-state index contributed by atoms with van der Waals surface area (Å²) in [6, 6.07) is 12.5. The second kappa shape index (κ2) is 8.11. The Morgan fingerprint density at radius 1 is 1.30 bits per heavy atom. The molecule has 118 valence electrons. The van der Waals surface area contributed by atoms with Gasteiger partial charge in [-0.3, -0.25) is 9.59 Å². The first-order valence-corrected chi connectivity index (χ1v) is 8.00. The maximum absolute atomic E-state index is 12.1. The third kappa shape index (κ3) is 4.94. The molecule has 1 aromatic carbocycles. The maximum Gasteiger partial charge on any atom is 0.306 e. The number of amides is 1. The number of para-hydroxylation sites is 1. The van der Waals surface area contributed by atoms with Gasteiger partial charge >= 0.3 is 5.97 Å². The molecule has 0 fully saturated rings. The molecule has 23 heavy (non-hydrogen) atoms. The number of hydrogen-bond acceptors (Lipinski definition) is 5. The van der Waals surface area contributed by atoms with E-state index >= 15 is 0 Å². The monoisotopic (exact) mass is 328 g/mol. The van der Waals surface area contributed by atoms with Gasteiger partial charge in [-0.05, 0) is 36.9 Å². The van der Waals surface area contributed by atoms with Crippen molar-refractivity contribution in [3.05, 3.63) is 52.2 Å². The molecular weight excluding hydrogens is 312 g/mol. The van der Waals surface area contributed by atoms with Crippen molar-refractivity contribution >= 4 is 28.9 Å². The maximum atomic E-state index is 12.1. The van der Waals surface area contributed by atoms with E-state index in [4.69, 9.17) is 10.00 Å². The second-order valence-electron chi connectivity index (χ2n) is 4.86. The molecule has 0 spiro atoms. The molecule has 5 nitrogen and oxygen atoms in total. The number of thiophene rings is 1. The number of aryl methyl sites for hydroxylation is 1. The van der Waals surface area contributed by atoms with E-state index in [1.54, 1.807) is 35.6 Å². The van der Waals surface area contributed by atoms with Crippen LogP contribution in [0.25, 0.3) is 0 Å². The highest BCUT2D eigenvalue weighted by Crippen LogP contribution is 2.15. The number of nitriles is 1. The molecule has 6 heteroatoms. The van der Waals surface area contributed by atoms with Crippen LogP contribution in [0.2, 0.25) is 0 Å². The Morgan fingerprint density at radius 3 is 2.78 bits per heavy atom. The molecule has 1 atom stereocenters. The summed E-state index contributed by atoms with van der Waals surface area (Å²) in [6.07, 6.45) is -0.0905. The molecule has 0 saturated heterocycles. The van der Waals surface area contributed by atoms with Crippen LogP contribution in [0.5, 0.6) is 0 Å². The average Bonchev–Trinajstić information content (AvgIpc) is 3.06. The van der Waals surface area contributed by atoms with E-state index in [0.717, 1.165) is 4.88 Å². The van der Waals surface area contributed by atoms with Crippen LogP contribution in [0, 0.1) is 11.3 Å². The van der Waals surface area contributed by atoms with Crippen molar-refractivity contribution in [3.63, 3.8) is 0 Å². The van der Waals surface area contributed by atoms with Crippen molar-refractivity contribution in [2.45, 2.75) is 25.9 Å². The van der Waals surface area contributed by atoms with Gasteiger partial charge in [0.1, 0.15) is 6.07 Å². The number of ether oxygens (including phenoxy) is 1. The van der Waals surface area contributed by atoms with Crippen LogP contribution >= 0.6 is 11.3 Å². The lowest BCUT2D eigenvalue weighted by molar-refractivity contribution is -0.153. The zero-order valence-corrected chi connectivity index (χ0v) is 13.4. The minimum Gasteiger partial charge on any atom is -0.453 e. The van der Waals surface area contributed by atoms with Gasteiger partial charge in [0.2, 0.25) is 0 Å². The molecule has 1 N–H and O–H groups in total. The van der Waals surface area contributed by atoms with Crippen LogP contribution in [0.3, 0.4) is 0 Å². The van der Waals surface area contributed by atoms with E-state index in [1.165, 1.54) is 6.92 Å². The molecule has 1 amide bonds. The van der Waals surface area contributed by atoms with Gasteiger partial charge in [0.05, 0.1) is 17.7 Å². The van der Waals surface area contributed by atoms with Crippen molar-refractivity contribution in [1.29, 1.82) is 5.26 Å². The third-order valence-electron chi connectivity index (χ3n) is 3.14. The number of nitrogens with zero attached hydrogens (tertiary/aromatic N) is 1. The minimum absolute atomic E-state index is 0.229. The standard InChI is InChI=1S/C17H16N2O3S/c1-12(22-16(20)9-8-14-6-4-10-23-14)17(21)19-15-7-3-2-5-13(15)11-18/h2-7,10,12H,8-9H2,1H3,(H,19,21)/t12-/m0/s1. The van der Waals surface area contributed by atoms with Gasteiger partial charge in [-0.1, -0.05) is 18.2 Å². The summed E-state index contributed by atoms with van der Waals surface area (Å²) in [5.41, 5.74) is 0.763. The Bertz CT molecular complexity index is 720. The highest BCUT2D eigenvalue weighted by molar-refractivity contribution is 7.09. The molecule has 0 aliphatic heterocycles. The fraction of sp³-hybridized carbons (Fsp3) is 0.235. The van der Waals surface area contributed by atoms with Crippen LogP contribution in [0.1, 0.15) is 23.8 Å². The highest BCUT2D eigenvalue weighted by atomic mass is 32.1. The van der Waals surface area contributed by atoms with E-state index in [9.17, 15) is 9.59 Å². The van der Waals surface area contributed by atoms with Gasteiger partial charge in [0, 0.05) is 4.88 Å². The van der Waals surface area contributed by atoms with Gasteiger partial charge in [-0.2, -0.15) is 5.26 Å². The highest BCUT2D eigenvalue weighted by Gasteiger charge is 2.18. The van der Waals surface area contributed by atoms with Crippen LogP contribution in [-0.2, 0) is 20.7 Å². The van der Waals surface area contributed by atoms with Crippen LogP contribution in [0.15, 0.2) is 41.8 Å². The van der Waals surface area contributed by atoms with Crippen LogP contribution in [-0.4, -0.2) is 18.0 Å². The molecule has 0 unspecified atom stereocenters. The lowest BCUT2D eigenvalue weighted by Crippen LogP contribution is -2.30. The van der Waals surface area contributed by atoms with E-state index < -0.39 is 18.0 Å². The lowest BCUT2D eigenvalue weighted by atomic mass is 10.2. The molecule has 1 aromatic heterocycles. The number of rotatable bonds is 6. The Labute approximate surface area is 138 Å². The Morgan fingerprint density at radius 2 is 2.09 bits per heavy atom. The van der Waals surface area contributed by atoms with Gasteiger partial charge in [0.15, 0.2) is 6.10 Å². The molecule has 0 aliphatic rings. The van der Waals surface area contributed by atoms with E-state index in [1.807, 2.05) is 23.6 Å².